The predicted molar refractivity (Wildman–Crippen MR) is 64.2 cm³/mol. The molecule has 0 aromatic heterocycles. The monoisotopic (exact) mass is 235 g/mol. The van der Waals surface area contributed by atoms with E-state index in [1.807, 2.05) is 13.1 Å². The number of carbonyl (C=O) groups is 1. The number of ether oxygens (including phenoxy) is 1. The molecule has 2 rings (SSSR count). The van der Waals surface area contributed by atoms with E-state index in [0.29, 0.717) is 0 Å². The molecule has 0 bridgehead atoms. The van der Waals surface area contributed by atoms with E-state index >= 15 is 0 Å². The number of likely N-dealkylation sites (N-methyl/N-ethyl adjacent to an activating group) is 1. The van der Waals surface area contributed by atoms with Crippen molar-refractivity contribution in [2.24, 2.45) is 0 Å². The van der Waals surface area contributed by atoms with Crippen molar-refractivity contribution < 1.29 is 14.6 Å². The Hall–Kier alpha value is -1.55. The van der Waals surface area contributed by atoms with E-state index in [9.17, 15) is 9.90 Å². The van der Waals surface area contributed by atoms with Crippen LogP contribution >= 0.6 is 0 Å². The molecule has 17 heavy (non-hydrogen) atoms. The number of phenols is 1. The first kappa shape index (κ1) is 11.9. The third kappa shape index (κ3) is 2.42. The minimum Gasteiger partial charge on any atom is -0.507 e. The minimum absolute atomic E-state index is 0.0325. The summed E-state index contributed by atoms with van der Waals surface area (Å²) in [4.78, 5) is 11.4. The normalized spacial score (nSPS) is 16.6. The van der Waals surface area contributed by atoms with Crippen LogP contribution in [0, 0.1) is 0 Å². The number of benzene rings is 1. The summed E-state index contributed by atoms with van der Waals surface area (Å²) in [5.74, 6) is -0.534. The van der Waals surface area contributed by atoms with Gasteiger partial charge in [0.05, 0.1) is 7.11 Å². The van der Waals surface area contributed by atoms with E-state index in [4.69, 9.17) is 0 Å². The summed E-state index contributed by atoms with van der Waals surface area (Å²) in [6.45, 7) is 0. The van der Waals surface area contributed by atoms with Crippen LogP contribution in [0.3, 0.4) is 0 Å². The third-order valence-electron chi connectivity index (χ3n) is 3.39. The number of rotatable bonds is 4. The van der Waals surface area contributed by atoms with Crippen molar-refractivity contribution >= 4 is 5.97 Å². The summed E-state index contributed by atoms with van der Waals surface area (Å²) in [6.07, 6.45) is 3.17. The number of hydrogen-bond donors (Lipinski definition) is 2. The maximum absolute atomic E-state index is 11.4. The summed E-state index contributed by atoms with van der Waals surface area (Å²) in [7, 11) is 3.26. The Morgan fingerprint density at radius 2 is 2.24 bits per heavy atom. The molecule has 0 unspecified atom stereocenters. The fraction of sp³-hybridized carbons (Fsp3) is 0.462. The van der Waals surface area contributed by atoms with Crippen LogP contribution in [-0.4, -0.2) is 30.8 Å². The molecule has 0 heterocycles. The zero-order chi connectivity index (χ0) is 12.5. The first-order chi connectivity index (χ1) is 8.10. The maximum atomic E-state index is 11.4. The van der Waals surface area contributed by atoms with E-state index in [2.05, 4.69) is 10.1 Å². The smallest absolute Gasteiger partial charge is 0.341 e. The number of esters is 1. The average molecular weight is 235 g/mol. The molecule has 0 amide bonds. The van der Waals surface area contributed by atoms with Gasteiger partial charge in [-0.1, -0.05) is 6.07 Å². The van der Waals surface area contributed by atoms with Crippen molar-refractivity contribution in [1.82, 2.24) is 5.32 Å². The van der Waals surface area contributed by atoms with Crippen LogP contribution in [0.4, 0.5) is 0 Å². The Labute approximate surface area is 101 Å². The van der Waals surface area contributed by atoms with Gasteiger partial charge in [-0.25, -0.2) is 4.79 Å². The summed E-state index contributed by atoms with van der Waals surface area (Å²) in [5, 5.41) is 12.9. The van der Waals surface area contributed by atoms with Crippen molar-refractivity contribution in [2.45, 2.75) is 24.8 Å². The maximum Gasteiger partial charge on any atom is 0.341 e. The van der Waals surface area contributed by atoms with Gasteiger partial charge >= 0.3 is 5.97 Å². The predicted octanol–water partition coefficient (Wildman–Crippen LogP) is 1.47. The van der Waals surface area contributed by atoms with E-state index in [1.165, 1.54) is 7.11 Å². The molecule has 1 saturated carbocycles. The van der Waals surface area contributed by atoms with E-state index in [0.717, 1.165) is 24.8 Å². The summed E-state index contributed by atoms with van der Waals surface area (Å²) in [6, 6.07) is 5.10. The van der Waals surface area contributed by atoms with E-state index in [1.54, 1.807) is 12.1 Å². The Kier molecular flexibility index (Phi) is 3.07. The second-order valence-corrected chi connectivity index (χ2v) is 4.55. The Morgan fingerprint density at radius 3 is 2.76 bits per heavy atom. The lowest BCUT2D eigenvalue weighted by Crippen LogP contribution is -2.29. The number of hydrogen-bond acceptors (Lipinski definition) is 4. The molecule has 0 atom stereocenters. The van der Waals surface area contributed by atoms with Gasteiger partial charge in [0.15, 0.2) is 0 Å². The van der Waals surface area contributed by atoms with Gasteiger partial charge in [-0.3, -0.25) is 0 Å². The molecular weight excluding hydrogens is 218 g/mol. The van der Waals surface area contributed by atoms with Crippen LogP contribution in [0.5, 0.6) is 5.75 Å². The Morgan fingerprint density at radius 1 is 1.53 bits per heavy atom. The second kappa shape index (κ2) is 4.37. The highest BCUT2D eigenvalue weighted by Gasteiger charge is 2.40. The zero-order valence-corrected chi connectivity index (χ0v) is 10.1. The minimum atomic E-state index is -0.501. The van der Waals surface area contributed by atoms with Gasteiger partial charge in [0, 0.05) is 5.54 Å². The van der Waals surface area contributed by atoms with E-state index < -0.39 is 5.97 Å². The van der Waals surface area contributed by atoms with Gasteiger partial charge in [-0.15, -0.1) is 0 Å². The van der Waals surface area contributed by atoms with Gasteiger partial charge in [0.2, 0.25) is 0 Å². The lowest BCUT2D eigenvalue weighted by Gasteiger charge is -2.14. The van der Waals surface area contributed by atoms with Crippen LogP contribution in [0.15, 0.2) is 18.2 Å². The zero-order valence-electron chi connectivity index (χ0n) is 10.1. The van der Waals surface area contributed by atoms with Gasteiger partial charge in [-0.05, 0) is 44.0 Å². The molecule has 0 spiro atoms. The van der Waals surface area contributed by atoms with Gasteiger partial charge in [-0.2, -0.15) is 0 Å². The molecule has 4 nitrogen and oxygen atoms in total. The van der Waals surface area contributed by atoms with Crippen molar-refractivity contribution in [3.63, 3.8) is 0 Å². The quantitative estimate of drug-likeness (QED) is 0.776. The van der Waals surface area contributed by atoms with Gasteiger partial charge in [0.1, 0.15) is 11.3 Å². The molecule has 1 aliphatic carbocycles. The van der Waals surface area contributed by atoms with Gasteiger partial charge in [0.25, 0.3) is 0 Å². The Balaban J connectivity index is 2.22. The number of nitrogens with one attached hydrogen (secondary N) is 1. The lowest BCUT2D eigenvalue weighted by atomic mass is 10.0. The summed E-state index contributed by atoms with van der Waals surface area (Å²) >= 11 is 0. The molecule has 1 fully saturated rings. The molecule has 1 aliphatic rings. The Bertz CT molecular complexity index is 438. The topological polar surface area (TPSA) is 58.6 Å². The first-order valence-corrected chi connectivity index (χ1v) is 5.69. The molecule has 92 valence electrons. The summed E-state index contributed by atoms with van der Waals surface area (Å²) < 4.78 is 4.63. The van der Waals surface area contributed by atoms with Crippen LogP contribution in [0.2, 0.25) is 0 Å². The standard InChI is InChI=1S/C13H17NO3/c1-14-13(5-6-13)8-9-3-4-11(15)10(7-9)12(16)17-2/h3-4,7,14-15H,5-6,8H2,1-2H3. The molecule has 4 heteroatoms. The molecule has 1 aromatic rings. The third-order valence-corrected chi connectivity index (χ3v) is 3.39. The first-order valence-electron chi connectivity index (χ1n) is 5.69. The molecule has 0 saturated heterocycles. The molecule has 0 radical (unpaired) electrons. The van der Waals surface area contributed by atoms with Crippen molar-refractivity contribution in [3.05, 3.63) is 29.3 Å². The average Bonchev–Trinajstić information content (AvgIpc) is 3.11. The largest absolute Gasteiger partial charge is 0.507 e. The highest BCUT2D eigenvalue weighted by Crippen LogP contribution is 2.38. The number of methoxy groups -OCH3 is 1. The molecule has 2 N–H and O–H groups in total. The number of aromatic hydroxyl groups is 1. The SMILES string of the molecule is CNC1(Cc2ccc(O)c(C(=O)OC)c2)CC1. The van der Waals surface area contributed by atoms with Crippen molar-refractivity contribution in [2.75, 3.05) is 14.2 Å². The van der Waals surface area contributed by atoms with E-state index in [-0.39, 0.29) is 16.9 Å². The number of phenolic OH excluding ortho intramolecular Hbond substituents is 1. The molecule has 1 aromatic carbocycles. The fourth-order valence-corrected chi connectivity index (χ4v) is 2.02. The molecule has 0 aliphatic heterocycles. The highest BCUT2D eigenvalue weighted by molar-refractivity contribution is 5.92. The van der Waals surface area contributed by atoms with Gasteiger partial charge < -0.3 is 15.2 Å². The van der Waals surface area contributed by atoms with Crippen LogP contribution < -0.4 is 5.32 Å². The van der Waals surface area contributed by atoms with Crippen LogP contribution in [0.25, 0.3) is 0 Å². The fourth-order valence-electron chi connectivity index (χ4n) is 2.02. The van der Waals surface area contributed by atoms with Crippen molar-refractivity contribution in [3.8, 4) is 5.75 Å². The van der Waals surface area contributed by atoms with Crippen LogP contribution in [0.1, 0.15) is 28.8 Å². The number of carbonyl (C=O) groups excluding carboxylic acids is 1. The van der Waals surface area contributed by atoms with Crippen molar-refractivity contribution in [1.29, 1.82) is 0 Å². The summed E-state index contributed by atoms with van der Waals surface area (Å²) in [5.41, 5.74) is 1.46. The second-order valence-electron chi connectivity index (χ2n) is 4.55. The van der Waals surface area contributed by atoms with Crippen LogP contribution in [-0.2, 0) is 11.2 Å². The molecular formula is C13H17NO3. The lowest BCUT2D eigenvalue weighted by molar-refractivity contribution is 0.0597. The highest BCUT2D eigenvalue weighted by atomic mass is 16.5.